The second kappa shape index (κ2) is 10.0. The number of nitro groups is 1. The average Bonchev–Trinajstić information content (AvgIpc) is 2.66. The van der Waals surface area contributed by atoms with Gasteiger partial charge in [-0.3, -0.25) is 19.7 Å². The van der Waals surface area contributed by atoms with Crippen molar-refractivity contribution in [2.24, 2.45) is 0 Å². The van der Waals surface area contributed by atoms with Crippen LogP contribution in [0.2, 0.25) is 15.1 Å². The molecule has 0 aliphatic carbocycles. The van der Waals surface area contributed by atoms with E-state index in [1.165, 1.54) is 18.2 Å². The predicted octanol–water partition coefficient (Wildman–Crippen LogP) is 3.02. The summed E-state index contributed by atoms with van der Waals surface area (Å²) in [7, 11) is -4.09. The van der Waals surface area contributed by atoms with Gasteiger partial charge < -0.3 is 10.1 Å². The van der Waals surface area contributed by atoms with E-state index in [0.717, 1.165) is 18.2 Å². The largest absolute Gasteiger partial charge is 0.455 e. The Kier molecular flexibility index (Phi) is 7.98. The molecule has 0 fully saturated rings. The lowest BCUT2D eigenvalue weighted by molar-refractivity contribution is -0.383. The number of nitrogens with one attached hydrogen (secondary N) is 2. The van der Waals surface area contributed by atoms with Gasteiger partial charge in [-0.2, -0.15) is 4.72 Å². The van der Waals surface area contributed by atoms with Crippen LogP contribution in [0.4, 0.5) is 11.4 Å². The van der Waals surface area contributed by atoms with Crippen molar-refractivity contribution in [2.45, 2.75) is 4.90 Å². The summed E-state index contributed by atoms with van der Waals surface area (Å²) in [6, 6.07) is 7.09. The van der Waals surface area contributed by atoms with Gasteiger partial charge in [0.1, 0.15) is 12.2 Å². The molecule has 0 radical (unpaired) electrons. The van der Waals surface area contributed by atoms with E-state index in [1.54, 1.807) is 0 Å². The predicted molar refractivity (Wildman–Crippen MR) is 109 cm³/mol. The van der Waals surface area contributed by atoms with Crippen LogP contribution in [-0.2, 0) is 24.3 Å². The molecule has 0 bridgehead atoms. The average molecular weight is 497 g/mol. The molecule has 10 nitrogen and oxygen atoms in total. The number of nitrogens with zero attached hydrogens (tertiary/aromatic N) is 1. The highest BCUT2D eigenvalue weighted by atomic mass is 35.5. The van der Waals surface area contributed by atoms with Gasteiger partial charge >= 0.3 is 5.97 Å². The standard InChI is InChI=1S/C16H12Cl3N3O7S/c17-9-1-4-14(22(25)26)13(5-9)21-15(23)8-29-16(24)7-20-30(27,28)10-2-3-11(18)12(19)6-10/h1-6,20H,7-8H2,(H,21,23). The van der Waals surface area contributed by atoms with Crippen LogP contribution in [0.1, 0.15) is 0 Å². The summed E-state index contributed by atoms with van der Waals surface area (Å²) in [5.41, 5.74) is -0.595. The first-order chi connectivity index (χ1) is 14.0. The molecule has 2 rings (SSSR count). The van der Waals surface area contributed by atoms with Gasteiger partial charge in [0.15, 0.2) is 6.61 Å². The summed E-state index contributed by atoms with van der Waals surface area (Å²) in [5.74, 6) is -1.95. The van der Waals surface area contributed by atoms with Crippen molar-refractivity contribution in [2.75, 3.05) is 18.5 Å². The maximum absolute atomic E-state index is 12.1. The molecular formula is C16H12Cl3N3O7S. The molecule has 2 aromatic carbocycles. The van der Waals surface area contributed by atoms with Crippen molar-refractivity contribution >= 4 is 68.1 Å². The van der Waals surface area contributed by atoms with Crippen LogP contribution >= 0.6 is 34.8 Å². The van der Waals surface area contributed by atoms with E-state index in [2.05, 4.69) is 10.1 Å². The van der Waals surface area contributed by atoms with E-state index in [1.807, 2.05) is 4.72 Å². The van der Waals surface area contributed by atoms with E-state index >= 15 is 0 Å². The molecule has 0 saturated heterocycles. The van der Waals surface area contributed by atoms with Gasteiger partial charge in [0.2, 0.25) is 10.0 Å². The number of ether oxygens (including phenoxy) is 1. The molecule has 0 spiro atoms. The van der Waals surface area contributed by atoms with Gasteiger partial charge in [0.05, 0.1) is 19.9 Å². The fourth-order valence-electron chi connectivity index (χ4n) is 2.03. The number of esters is 1. The lowest BCUT2D eigenvalue weighted by Gasteiger charge is -2.09. The molecule has 2 aromatic rings. The number of amides is 1. The number of carbonyl (C=O) groups excluding carboxylic acids is 2. The lowest BCUT2D eigenvalue weighted by Crippen LogP contribution is -2.32. The van der Waals surface area contributed by atoms with Crippen LogP contribution in [0.5, 0.6) is 0 Å². The molecule has 0 atom stereocenters. The molecule has 0 saturated carbocycles. The third-order valence-corrected chi connectivity index (χ3v) is 5.77. The molecule has 0 aromatic heterocycles. The molecule has 0 heterocycles. The molecule has 1 amide bonds. The number of halogens is 3. The fourth-order valence-corrected chi connectivity index (χ4v) is 3.56. The number of rotatable bonds is 8. The Hall–Kier alpha value is -2.44. The number of hydrogen-bond acceptors (Lipinski definition) is 7. The zero-order valence-corrected chi connectivity index (χ0v) is 17.8. The van der Waals surface area contributed by atoms with E-state index < -0.39 is 45.7 Å². The Bertz CT molecular complexity index is 1110. The maximum Gasteiger partial charge on any atom is 0.321 e. The van der Waals surface area contributed by atoms with Crippen LogP contribution in [0.3, 0.4) is 0 Å². The van der Waals surface area contributed by atoms with Gasteiger partial charge in [-0.25, -0.2) is 8.42 Å². The minimum Gasteiger partial charge on any atom is -0.455 e. The minimum absolute atomic E-state index is 0.00824. The zero-order valence-electron chi connectivity index (χ0n) is 14.7. The summed E-state index contributed by atoms with van der Waals surface area (Å²) in [6.07, 6.45) is 0. The molecule has 0 unspecified atom stereocenters. The quantitative estimate of drug-likeness (QED) is 0.324. The molecular weight excluding hydrogens is 485 g/mol. The highest BCUT2D eigenvalue weighted by Gasteiger charge is 2.19. The fraction of sp³-hybridized carbons (Fsp3) is 0.125. The molecule has 2 N–H and O–H groups in total. The molecule has 0 aliphatic heterocycles. The molecule has 160 valence electrons. The van der Waals surface area contributed by atoms with Crippen LogP contribution in [-0.4, -0.2) is 38.4 Å². The van der Waals surface area contributed by atoms with E-state index in [9.17, 15) is 28.1 Å². The lowest BCUT2D eigenvalue weighted by atomic mass is 10.2. The molecule has 30 heavy (non-hydrogen) atoms. The van der Waals surface area contributed by atoms with E-state index in [0.29, 0.717) is 0 Å². The Morgan fingerprint density at radius 1 is 1.07 bits per heavy atom. The molecule has 14 heteroatoms. The highest BCUT2D eigenvalue weighted by molar-refractivity contribution is 7.89. The van der Waals surface area contributed by atoms with Crippen molar-refractivity contribution < 1.29 is 27.7 Å². The van der Waals surface area contributed by atoms with Gasteiger partial charge in [-0.15, -0.1) is 0 Å². The topological polar surface area (TPSA) is 145 Å². The number of carbonyl (C=O) groups is 2. The monoisotopic (exact) mass is 495 g/mol. The van der Waals surface area contributed by atoms with Crippen molar-refractivity contribution in [1.82, 2.24) is 4.72 Å². The highest BCUT2D eigenvalue weighted by Crippen LogP contribution is 2.27. The number of anilines is 1. The first kappa shape index (κ1) is 23.8. The number of sulfonamides is 1. The Morgan fingerprint density at radius 3 is 2.40 bits per heavy atom. The first-order valence-corrected chi connectivity index (χ1v) is 10.5. The zero-order chi connectivity index (χ0) is 22.5. The van der Waals surface area contributed by atoms with E-state index in [4.69, 9.17) is 34.8 Å². The van der Waals surface area contributed by atoms with Gasteiger partial charge in [-0.05, 0) is 30.3 Å². The Balaban J connectivity index is 1.90. The van der Waals surface area contributed by atoms with Gasteiger partial charge in [-0.1, -0.05) is 34.8 Å². The minimum atomic E-state index is -4.09. The van der Waals surface area contributed by atoms with Crippen LogP contribution in [0, 0.1) is 10.1 Å². The van der Waals surface area contributed by atoms with E-state index in [-0.39, 0.29) is 25.7 Å². The SMILES string of the molecule is O=C(COC(=O)CNS(=O)(=O)c1ccc(Cl)c(Cl)c1)Nc1cc(Cl)ccc1[N+](=O)[O-]. The van der Waals surface area contributed by atoms with Crippen LogP contribution in [0.15, 0.2) is 41.3 Å². The van der Waals surface area contributed by atoms with Gasteiger partial charge in [0, 0.05) is 11.1 Å². The summed E-state index contributed by atoms with van der Waals surface area (Å²) in [6.45, 7) is -1.58. The maximum atomic E-state index is 12.1. The Morgan fingerprint density at radius 2 is 1.77 bits per heavy atom. The second-order valence-electron chi connectivity index (χ2n) is 5.53. The summed E-state index contributed by atoms with van der Waals surface area (Å²) >= 11 is 17.2. The third-order valence-electron chi connectivity index (χ3n) is 3.40. The first-order valence-electron chi connectivity index (χ1n) is 7.84. The summed E-state index contributed by atoms with van der Waals surface area (Å²) in [5, 5.41) is 13.5. The Labute approximate surface area is 185 Å². The van der Waals surface area contributed by atoms with Gasteiger partial charge in [0.25, 0.3) is 11.6 Å². The van der Waals surface area contributed by atoms with Crippen LogP contribution in [0.25, 0.3) is 0 Å². The van der Waals surface area contributed by atoms with Crippen molar-refractivity contribution in [3.8, 4) is 0 Å². The number of hydrogen-bond donors (Lipinski definition) is 2. The normalized spacial score (nSPS) is 11.0. The smallest absolute Gasteiger partial charge is 0.321 e. The number of nitro benzene ring substituents is 1. The van der Waals surface area contributed by atoms with Crippen molar-refractivity contribution in [3.63, 3.8) is 0 Å². The van der Waals surface area contributed by atoms with Crippen LogP contribution < -0.4 is 10.0 Å². The van der Waals surface area contributed by atoms with Crippen molar-refractivity contribution in [1.29, 1.82) is 0 Å². The summed E-state index contributed by atoms with van der Waals surface area (Å²) in [4.78, 5) is 33.6. The number of benzene rings is 2. The summed E-state index contributed by atoms with van der Waals surface area (Å²) < 4.78 is 30.9. The second-order valence-corrected chi connectivity index (χ2v) is 8.55. The van der Waals surface area contributed by atoms with Crippen molar-refractivity contribution in [3.05, 3.63) is 61.6 Å². The third kappa shape index (κ3) is 6.54. The molecule has 0 aliphatic rings.